The lowest BCUT2D eigenvalue weighted by Crippen LogP contribution is -2.33. The van der Waals surface area contributed by atoms with Gasteiger partial charge >= 0.3 is 0 Å². The van der Waals surface area contributed by atoms with Crippen molar-refractivity contribution < 1.29 is 18.4 Å². The Morgan fingerprint density at radius 1 is 0.968 bits per heavy atom. The zero-order valence-electron chi connectivity index (χ0n) is 16.6. The average Bonchev–Trinajstić information content (AvgIpc) is 2.74. The van der Waals surface area contributed by atoms with Crippen LogP contribution in [0.15, 0.2) is 66.7 Å². The predicted octanol–water partition coefficient (Wildman–Crippen LogP) is 5.16. The lowest BCUT2D eigenvalue weighted by molar-refractivity contribution is -0.115. The topological polar surface area (TPSA) is 70.2 Å². The first-order valence-corrected chi connectivity index (χ1v) is 9.85. The van der Waals surface area contributed by atoms with E-state index in [0.717, 1.165) is 17.7 Å². The van der Waals surface area contributed by atoms with Crippen LogP contribution in [-0.4, -0.2) is 18.4 Å². The van der Waals surface area contributed by atoms with Crippen LogP contribution in [0, 0.1) is 11.6 Å². The Bertz CT molecular complexity index is 1070. The second-order valence-electron chi connectivity index (χ2n) is 6.86. The molecule has 0 aliphatic carbocycles. The second kappa shape index (κ2) is 10.0. The molecule has 0 aliphatic heterocycles. The molecule has 0 radical (unpaired) electrons. The first-order chi connectivity index (χ1) is 14.8. The highest BCUT2D eigenvalue weighted by atomic mass is 35.5. The lowest BCUT2D eigenvalue weighted by Gasteiger charge is -2.17. The fourth-order valence-electron chi connectivity index (χ4n) is 2.92. The van der Waals surface area contributed by atoms with Gasteiger partial charge in [-0.3, -0.25) is 9.59 Å². The summed E-state index contributed by atoms with van der Waals surface area (Å²) in [6.07, 6.45) is 0. The van der Waals surface area contributed by atoms with Gasteiger partial charge in [0.05, 0.1) is 17.3 Å². The summed E-state index contributed by atoms with van der Waals surface area (Å²) in [5.41, 5.74) is 2.04. The van der Waals surface area contributed by atoms with E-state index in [1.165, 1.54) is 0 Å². The summed E-state index contributed by atoms with van der Waals surface area (Å²) in [4.78, 5) is 24.1. The van der Waals surface area contributed by atoms with Crippen molar-refractivity contribution in [3.05, 3.63) is 94.5 Å². The maximum Gasteiger partial charge on any atom is 0.251 e. The number of rotatable bonds is 7. The monoisotopic (exact) mass is 443 g/mol. The van der Waals surface area contributed by atoms with E-state index in [1.807, 2.05) is 37.3 Å². The Morgan fingerprint density at radius 2 is 1.65 bits per heavy atom. The molecule has 5 nitrogen and oxygen atoms in total. The van der Waals surface area contributed by atoms with Gasteiger partial charge in [-0.1, -0.05) is 41.9 Å². The zero-order valence-corrected chi connectivity index (χ0v) is 17.3. The smallest absolute Gasteiger partial charge is 0.251 e. The molecule has 3 rings (SSSR count). The van der Waals surface area contributed by atoms with Crippen LogP contribution in [0.1, 0.15) is 28.9 Å². The Labute approximate surface area is 183 Å². The number of benzene rings is 3. The SMILES string of the molecule is CC(Nc1ccc(NC(=O)CNC(=O)c2cc(F)cc(F)c2)cc1Cl)c1ccccc1. The molecule has 0 heterocycles. The third kappa shape index (κ3) is 6.26. The number of carbonyl (C=O) groups excluding carboxylic acids is 2. The first-order valence-electron chi connectivity index (χ1n) is 9.47. The van der Waals surface area contributed by atoms with Crippen LogP contribution in [-0.2, 0) is 4.79 Å². The number of nitrogens with one attached hydrogen (secondary N) is 3. The summed E-state index contributed by atoms with van der Waals surface area (Å²) >= 11 is 6.33. The molecule has 0 aliphatic rings. The van der Waals surface area contributed by atoms with Crippen molar-refractivity contribution >= 4 is 34.8 Å². The van der Waals surface area contributed by atoms with Crippen molar-refractivity contribution in [3.63, 3.8) is 0 Å². The highest BCUT2D eigenvalue weighted by Gasteiger charge is 2.12. The van der Waals surface area contributed by atoms with Crippen LogP contribution in [0.4, 0.5) is 20.2 Å². The normalized spacial score (nSPS) is 11.5. The van der Waals surface area contributed by atoms with E-state index < -0.39 is 23.4 Å². The number of anilines is 2. The quantitative estimate of drug-likeness (QED) is 0.472. The molecule has 0 saturated heterocycles. The summed E-state index contributed by atoms with van der Waals surface area (Å²) in [6.45, 7) is 1.63. The standard InChI is InChI=1S/C23H20ClF2N3O2/c1-14(15-5-3-2-4-6-15)28-21-8-7-19(12-20(21)24)29-22(30)13-27-23(31)16-9-17(25)11-18(26)10-16/h2-12,14,28H,13H2,1H3,(H,27,31)(H,29,30). The summed E-state index contributed by atoms with van der Waals surface area (Å²) in [7, 11) is 0. The fourth-order valence-corrected chi connectivity index (χ4v) is 3.16. The largest absolute Gasteiger partial charge is 0.377 e. The number of carbonyl (C=O) groups is 2. The predicted molar refractivity (Wildman–Crippen MR) is 117 cm³/mol. The minimum Gasteiger partial charge on any atom is -0.377 e. The Kier molecular flexibility index (Phi) is 7.20. The Hall–Kier alpha value is -3.45. The average molecular weight is 444 g/mol. The molecule has 160 valence electrons. The van der Waals surface area contributed by atoms with Gasteiger partial charge in [-0.25, -0.2) is 8.78 Å². The van der Waals surface area contributed by atoms with Gasteiger partial charge in [0, 0.05) is 23.4 Å². The molecule has 1 atom stereocenters. The van der Waals surface area contributed by atoms with Crippen LogP contribution in [0.3, 0.4) is 0 Å². The lowest BCUT2D eigenvalue weighted by atomic mass is 10.1. The van der Waals surface area contributed by atoms with E-state index in [9.17, 15) is 18.4 Å². The number of halogens is 3. The molecule has 3 aromatic rings. The van der Waals surface area contributed by atoms with Crippen molar-refractivity contribution in [2.75, 3.05) is 17.2 Å². The molecule has 3 aromatic carbocycles. The number of amides is 2. The van der Waals surface area contributed by atoms with E-state index in [2.05, 4.69) is 16.0 Å². The molecule has 31 heavy (non-hydrogen) atoms. The van der Waals surface area contributed by atoms with Gasteiger partial charge in [0.1, 0.15) is 11.6 Å². The minimum absolute atomic E-state index is 0.0296. The highest BCUT2D eigenvalue weighted by Crippen LogP contribution is 2.29. The molecular formula is C23H20ClF2N3O2. The summed E-state index contributed by atoms with van der Waals surface area (Å²) in [6, 6.07) is 17.3. The second-order valence-corrected chi connectivity index (χ2v) is 7.27. The van der Waals surface area contributed by atoms with Crippen LogP contribution in [0.5, 0.6) is 0 Å². The molecule has 0 aromatic heterocycles. The van der Waals surface area contributed by atoms with E-state index in [1.54, 1.807) is 18.2 Å². The van der Waals surface area contributed by atoms with Gasteiger partial charge in [-0.2, -0.15) is 0 Å². The molecular weight excluding hydrogens is 424 g/mol. The highest BCUT2D eigenvalue weighted by molar-refractivity contribution is 6.33. The van der Waals surface area contributed by atoms with Crippen LogP contribution in [0.25, 0.3) is 0 Å². The van der Waals surface area contributed by atoms with Gasteiger partial charge in [0.2, 0.25) is 5.91 Å². The van der Waals surface area contributed by atoms with Crippen LogP contribution in [0.2, 0.25) is 5.02 Å². The third-order valence-corrected chi connectivity index (χ3v) is 4.77. The van der Waals surface area contributed by atoms with Gasteiger partial charge in [-0.15, -0.1) is 0 Å². The Balaban J connectivity index is 1.55. The van der Waals surface area contributed by atoms with E-state index in [0.29, 0.717) is 22.5 Å². The number of hydrogen-bond donors (Lipinski definition) is 3. The molecule has 0 bridgehead atoms. The first kappa shape index (κ1) is 22.2. The van der Waals surface area contributed by atoms with Gasteiger partial charge in [0.25, 0.3) is 5.91 Å². The molecule has 2 amide bonds. The van der Waals surface area contributed by atoms with Crippen LogP contribution < -0.4 is 16.0 Å². The van der Waals surface area contributed by atoms with Gasteiger partial charge in [-0.05, 0) is 42.8 Å². The van der Waals surface area contributed by atoms with Crippen molar-refractivity contribution in [2.45, 2.75) is 13.0 Å². The summed E-state index contributed by atoms with van der Waals surface area (Å²) in [5.74, 6) is -3.03. The zero-order chi connectivity index (χ0) is 22.4. The van der Waals surface area contributed by atoms with Gasteiger partial charge < -0.3 is 16.0 Å². The maximum atomic E-state index is 13.2. The van der Waals surface area contributed by atoms with Gasteiger partial charge in [0.15, 0.2) is 0 Å². The van der Waals surface area contributed by atoms with Crippen LogP contribution >= 0.6 is 11.6 Å². The molecule has 0 fully saturated rings. The molecule has 0 spiro atoms. The fraction of sp³-hybridized carbons (Fsp3) is 0.130. The maximum absolute atomic E-state index is 13.2. The molecule has 8 heteroatoms. The minimum atomic E-state index is -0.875. The van der Waals surface area contributed by atoms with Crippen molar-refractivity contribution in [1.82, 2.24) is 5.32 Å². The van der Waals surface area contributed by atoms with Crippen molar-refractivity contribution in [1.29, 1.82) is 0 Å². The summed E-state index contributed by atoms with van der Waals surface area (Å²) < 4.78 is 26.4. The van der Waals surface area contributed by atoms with E-state index in [4.69, 9.17) is 11.6 Å². The third-order valence-electron chi connectivity index (χ3n) is 4.46. The Morgan fingerprint density at radius 3 is 2.29 bits per heavy atom. The molecule has 1 unspecified atom stereocenters. The number of hydrogen-bond acceptors (Lipinski definition) is 3. The van der Waals surface area contributed by atoms with Crippen molar-refractivity contribution in [2.24, 2.45) is 0 Å². The molecule has 0 saturated carbocycles. The van der Waals surface area contributed by atoms with E-state index in [-0.39, 0.29) is 18.2 Å². The van der Waals surface area contributed by atoms with Crippen molar-refractivity contribution in [3.8, 4) is 0 Å². The van der Waals surface area contributed by atoms with E-state index >= 15 is 0 Å². The summed E-state index contributed by atoms with van der Waals surface area (Å²) in [5, 5.41) is 8.65. The molecule has 3 N–H and O–H groups in total.